The molecule has 0 fully saturated rings. The van der Waals surface area contributed by atoms with Gasteiger partial charge in [0.15, 0.2) is 0 Å². The van der Waals surface area contributed by atoms with Crippen molar-refractivity contribution >= 4 is 0 Å². The molecule has 1 N–H and O–H groups in total. The first kappa shape index (κ1) is 15.4. The average molecular weight is 285 g/mol. The normalized spacial score (nSPS) is 10.8. The molecular weight excluding hydrogens is 262 g/mol. The Bertz CT molecular complexity index is 511. The van der Waals surface area contributed by atoms with Crippen LogP contribution in [0, 0.1) is 5.92 Å². The van der Waals surface area contributed by atoms with Gasteiger partial charge in [-0.1, -0.05) is 26.0 Å². The van der Waals surface area contributed by atoms with Gasteiger partial charge in [-0.3, -0.25) is 0 Å². The molecule has 0 aliphatic heterocycles. The highest BCUT2D eigenvalue weighted by Gasteiger charge is 1.98. The third-order valence-corrected chi connectivity index (χ3v) is 3.15. The van der Waals surface area contributed by atoms with Crippen LogP contribution in [0.2, 0.25) is 0 Å². The van der Waals surface area contributed by atoms with Crippen LogP contribution in [0.4, 0.5) is 0 Å². The molecule has 0 spiro atoms. The molecule has 1 aromatic heterocycles. The monoisotopic (exact) mass is 285 g/mol. The SMILES string of the molecule is CC(C)CCOc1ccc(CNCc2cccnn2)cc1. The lowest BCUT2D eigenvalue weighted by Gasteiger charge is -2.09. The van der Waals surface area contributed by atoms with Crippen molar-refractivity contribution in [1.29, 1.82) is 0 Å². The molecule has 112 valence electrons. The van der Waals surface area contributed by atoms with Crippen LogP contribution < -0.4 is 10.1 Å². The summed E-state index contributed by atoms with van der Waals surface area (Å²) in [6, 6.07) is 12.1. The first-order valence-corrected chi connectivity index (χ1v) is 7.43. The lowest BCUT2D eigenvalue weighted by atomic mass is 10.1. The fourth-order valence-electron chi connectivity index (χ4n) is 1.88. The van der Waals surface area contributed by atoms with Crippen LogP contribution in [0.5, 0.6) is 5.75 Å². The first-order chi connectivity index (χ1) is 10.2. The zero-order valence-electron chi connectivity index (χ0n) is 12.7. The number of benzene rings is 1. The highest BCUT2D eigenvalue weighted by atomic mass is 16.5. The summed E-state index contributed by atoms with van der Waals surface area (Å²) < 4.78 is 5.71. The van der Waals surface area contributed by atoms with Crippen LogP contribution in [-0.4, -0.2) is 16.8 Å². The van der Waals surface area contributed by atoms with Crippen molar-refractivity contribution < 1.29 is 4.74 Å². The van der Waals surface area contributed by atoms with E-state index in [4.69, 9.17) is 4.74 Å². The van der Waals surface area contributed by atoms with Gasteiger partial charge >= 0.3 is 0 Å². The first-order valence-electron chi connectivity index (χ1n) is 7.43. The van der Waals surface area contributed by atoms with E-state index in [-0.39, 0.29) is 0 Å². The van der Waals surface area contributed by atoms with E-state index in [1.165, 1.54) is 5.56 Å². The van der Waals surface area contributed by atoms with Gasteiger partial charge in [0.05, 0.1) is 12.3 Å². The van der Waals surface area contributed by atoms with Crippen molar-refractivity contribution in [2.24, 2.45) is 5.92 Å². The molecule has 0 saturated heterocycles. The minimum absolute atomic E-state index is 0.676. The minimum atomic E-state index is 0.676. The van der Waals surface area contributed by atoms with Crippen LogP contribution in [0.25, 0.3) is 0 Å². The maximum absolute atomic E-state index is 5.71. The van der Waals surface area contributed by atoms with Gasteiger partial charge < -0.3 is 10.1 Å². The smallest absolute Gasteiger partial charge is 0.119 e. The summed E-state index contributed by atoms with van der Waals surface area (Å²) in [5.41, 5.74) is 2.18. The Morgan fingerprint density at radius 3 is 2.57 bits per heavy atom. The lowest BCUT2D eigenvalue weighted by molar-refractivity contribution is 0.289. The molecule has 4 nitrogen and oxygen atoms in total. The summed E-state index contributed by atoms with van der Waals surface area (Å²) in [5.74, 6) is 1.61. The van der Waals surface area contributed by atoms with Crippen molar-refractivity contribution in [3.8, 4) is 5.75 Å². The van der Waals surface area contributed by atoms with E-state index in [9.17, 15) is 0 Å². The number of nitrogens with zero attached hydrogens (tertiary/aromatic N) is 2. The van der Waals surface area contributed by atoms with E-state index < -0.39 is 0 Å². The second-order valence-electron chi connectivity index (χ2n) is 5.49. The van der Waals surface area contributed by atoms with Gasteiger partial charge in [0.2, 0.25) is 0 Å². The van der Waals surface area contributed by atoms with Crippen LogP contribution in [0.1, 0.15) is 31.5 Å². The Morgan fingerprint density at radius 2 is 1.90 bits per heavy atom. The second-order valence-corrected chi connectivity index (χ2v) is 5.49. The zero-order chi connectivity index (χ0) is 14.9. The maximum atomic E-state index is 5.71. The van der Waals surface area contributed by atoms with Gasteiger partial charge in [0.25, 0.3) is 0 Å². The molecule has 1 heterocycles. The Kier molecular flexibility index (Phi) is 6.16. The lowest BCUT2D eigenvalue weighted by Crippen LogP contribution is -2.13. The van der Waals surface area contributed by atoms with E-state index in [0.29, 0.717) is 5.92 Å². The molecule has 0 radical (unpaired) electrons. The molecule has 2 rings (SSSR count). The fraction of sp³-hybridized carbons (Fsp3) is 0.412. The number of rotatable bonds is 8. The van der Waals surface area contributed by atoms with Crippen molar-refractivity contribution in [2.45, 2.75) is 33.4 Å². The van der Waals surface area contributed by atoms with Crippen LogP contribution in [-0.2, 0) is 13.1 Å². The number of ether oxygens (including phenoxy) is 1. The van der Waals surface area contributed by atoms with Crippen molar-refractivity contribution in [3.63, 3.8) is 0 Å². The van der Waals surface area contributed by atoms with Gasteiger partial charge in [-0.25, -0.2) is 0 Å². The van der Waals surface area contributed by atoms with E-state index >= 15 is 0 Å². The van der Waals surface area contributed by atoms with Crippen LogP contribution in [0.3, 0.4) is 0 Å². The Hall–Kier alpha value is -1.94. The summed E-state index contributed by atoms with van der Waals surface area (Å²) >= 11 is 0. The maximum Gasteiger partial charge on any atom is 0.119 e. The van der Waals surface area contributed by atoms with Gasteiger partial charge in [-0.2, -0.15) is 10.2 Å². The third-order valence-electron chi connectivity index (χ3n) is 3.15. The predicted molar refractivity (Wildman–Crippen MR) is 84.0 cm³/mol. The Morgan fingerprint density at radius 1 is 1.10 bits per heavy atom. The van der Waals surface area contributed by atoms with Crippen molar-refractivity contribution in [2.75, 3.05) is 6.61 Å². The van der Waals surface area contributed by atoms with Gasteiger partial charge in [0.1, 0.15) is 5.75 Å². The summed E-state index contributed by atoms with van der Waals surface area (Å²) in [4.78, 5) is 0. The van der Waals surface area contributed by atoms with Gasteiger partial charge in [-0.15, -0.1) is 0 Å². The second kappa shape index (κ2) is 8.37. The highest BCUT2D eigenvalue weighted by Crippen LogP contribution is 2.13. The van der Waals surface area contributed by atoms with E-state index in [0.717, 1.165) is 37.6 Å². The predicted octanol–water partition coefficient (Wildman–Crippen LogP) is 3.19. The molecule has 0 amide bonds. The van der Waals surface area contributed by atoms with Gasteiger partial charge in [0, 0.05) is 19.3 Å². The summed E-state index contributed by atoms with van der Waals surface area (Å²) in [6.07, 6.45) is 2.77. The number of hydrogen-bond acceptors (Lipinski definition) is 4. The van der Waals surface area contributed by atoms with Crippen molar-refractivity contribution in [3.05, 3.63) is 53.9 Å². The molecule has 0 saturated carbocycles. The summed E-state index contributed by atoms with van der Waals surface area (Å²) in [7, 11) is 0. The Balaban J connectivity index is 1.72. The van der Waals surface area contributed by atoms with Gasteiger partial charge in [-0.05, 0) is 42.2 Å². The molecule has 4 heteroatoms. The van der Waals surface area contributed by atoms with Crippen LogP contribution in [0.15, 0.2) is 42.6 Å². The standard InChI is InChI=1S/C17H23N3O/c1-14(2)9-11-21-17-7-5-15(6-8-17)12-18-13-16-4-3-10-19-20-16/h3-8,10,14,18H,9,11-13H2,1-2H3. The molecular formula is C17H23N3O. The van der Waals surface area contributed by atoms with E-state index in [1.54, 1.807) is 6.20 Å². The number of aromatic nitrogens is 2. The summed E-state index contributed by atoms with van der Waals surface area (Å²) in [5, 5.41) is 11.2. The third kappa shape index (κ3) is 5.92. The molecule has 0 bridgehead atoms. The fourth-order valence-corrected chi connectivity index (χ4v) is 1.88. The average Bonchev–Trinajstić information content (AvgIpc) is 2.50. The minimum Gasteiger partial charge on any atom is -0.494 e. The van der Waals surface area contributed by atoms with E-state index in [2.05, 4.69) is 41.5 Å². The molecule has 2 aromatic rings. The Labute approximate surface area is 126 Å². The molecule has 0 aliphatic rings. The highest BCUT2D eigenvalue weighted by molar-refractivity contribution is 5.27. The quantitative estimate of drug-likeness (QED) is 0.809. The molecule has 0 atom stereocenters. The topological polar surface area (TPSA) is 47.0 Å². The molecule has 21 heavy (non-hydrogen) atoms. The molecule has 0 aliphatic carbocycles. The number of nitrogens with one attached hydrogen (secondary N) is 1. The zero-order valence-corrected chi connectivity index (χ0v) is 12.7. The molecule has 0 unspecified atom stereocenters. The van der Waals surface area contributed by atoms with E-state index in [1.807, 2.05) is 24.3 Å². The summed E-state index contributed by atoms with van der Waals surface area (Å²) in [6.45, 7) is 6.72. The largest absolute Gasteiger partial charge is 0.494 e. The number of hydrogen-bond donors (Lipinski definition) is 1. The van der Waals surface area contributed by atoms with Crippen LogP contribution >= 0.6 is 0 Å². The molecule has 1 aromatic carbocycles. The van der Waals surface area contributed by atoms with Crippen molar-refractivity contribution in [1.82, 2.24) is 15.5 Å².